The van der Waals surface area contributed by atoms with E-state index in [1.54, 1.807) is 17.0 Å². The van der Waals surface area contributed by atoms with E-state index < -0.39 is 0 Å². The van der Waals surface area contributed by atoms with Gasteiger partial charge in [0.25, 0.3) is 11.8 Å². The molecular formula is C24H31ClN2O2. The normalized spacial score (nSPS) is 23.0. The molecule has 1 saturated carbocycles. The molecule has 0 aromatic heterocycles. The first-order valence-corrected chi connectivity index (χ1v) is 11.6. The van der Waals surface area contributed by atoms with E-state index in [0.29, 0.717) is 22.2 Å². The Balaban J connectivity index is 1.70. The van der Waals surface area contributed by atoms with Crippen LogP contribution in [0.5, 0.6) is 0 Å². The Hall–Kier alpha value is -1.81. The quantitative estimate of drug-likeness (QED) is 0.633. The lowest BCUT2D eigenvalue weighted by atomic mass is 9.95. The van der Waals surface area contributed by atoms with Gasteiger partial charge in [0.2, 0.25) is 0 Å². The Morgan fingerprint density at radius 1 is 0.828 bits per heavy atom. The lowest BCUT2D eigenvalue weighted by molar-refractivity contribution is -0.140. The van der Waals surface area contributed by atoms with Crippen molar-refractivity contribution in [1.82, 2.24) is 9.80 Å². The second-order valence-electron chi connectivity index (χ2n) is 8.88. The minimum atomic E-state index is -0.114. The van der Waals surface area contributed by atoms with Crippen LogP contribution in [0.3, 0.4) is 0 Å². The fraction of sp³-hybridized carbons (Fsp3) is 0.583. The number of amides is 2. The van der Waals surface area contributed by atoms with Crippen molar-refractivity contribution in [1.29, 1.82) is 0 Å². The highest BCUT2D eigenvalue weighted by molar-refractivity contribution is 6.36. The summed E-state index contributed by atoms with van der Waals surface area (Å²) in [6, 6.07) is 7.37. The maximum Gasteiger partial charge on any atom is 0.278 e. The first-order chi connectivity index (χ1) is 14.1. The second-order valence-corrected chi connectivity index (χ2v) is 9.32. The van der Waals surface area contributed by atoms with E-state index in [-0.39, 0.29) is 17.9 Å². The number of rotatable bonds is 3. The van der Waals surface area contributed by atoms with Crippen molar-refractivity contribution in [2.24, 2.45) is 5.92 Å². The van der Waals surface area contributed by atoms with E-state index >= 15 is 0 Å². The van der Waals surface area contributed by atoms with Crippen molar-refractivity contribution in [3.8, 4) is 0 Å². The van der Waals surface area contributed by atoms with Gasteiger partial charge in [0.15, 0.2) is 0 Å². The number of benzene rings is 1. The predicted octanol–water partition coefficient (Wildman–Crippen LogP) is 5.26. The molecule has 5 heteroatoms. The van der Waals surface area contributed by atoms with Crippen LogP contribution in [0.2, 0.25) is 5.02 Å². The average molecular weight is 415 g/mol. The van der Waals surface area contributed by atoms with E-state index in [1.165, 1.54) is 19.3 Å². The maximum absolute atomic E-state index is 13.6. The van der Waals surface area contributed by atoms with Gasteiger partial charge in [-0.25, -0.2) is 0 Å². The van der Waals surface area contributed by atoms with E-state index in [4.69, 9.17) is 11.6 Å². The molecule has 2 amide bonds. The SMILES string of the molecule is CC1CCN(C2=C(c3ccc(Cl)cc3)C(=O)N(C3CCCCCCC3)C2=O)CC1. The highest BCUT2D eigenvalue weighted by Gasteiger charge is 2.44. The first-order valence-electron chi connectivity index (χ1n) is 11.2. The molecule has 0 atom stereocenters. The smallest absolute Gasteiger partial charge is 0.278 e. The number of nitrogens with zero attached hydrogens (tertiary/aromatic N) is 2. The van der Waals surface area contributed by atoms with Gasteiger partial charge in [-0.05, 0) is 49.3 Å². The van der Waals surface area contributed by atoms with Gasteiger partial charge in [0.05, 0.1) is 5.57 Å². The number of carbonyl (C=O) groups is 2. The molecule has 156 valence electrons. The van der Waals surface area contributed by atoms with Crippen molar-refractivity contribution in [2.75, 3.05) is 13.1 Å². The van der Waals surface area contributed by atoms with Gasteiger partial charge in [0.1, 0.15) is 5.70 Å². The van der Waals surface area contributed by atoms with Crippen molar-refractivity contribution < 1.29 is 9.59 Å². The third-order valence-corrected chi connectivity index (χ3v) is 7.02. The highest BCUT2D eigenvalue weighted by Crippen LogP contribution is 2.37. The summed E-state index contributed by atoms with van der Waals surface area (Å²) in [4.78, 5) is 31.0. The summed E-state index contributed by atoms with van der Waals surface area (Å²) in [6.07, 6.45) is 9.81. The Bertz CT molecular complexity index is 786. The second kappa shape index (κ2) is 8.91. The van der Waals surface area contributed by atoms with Crippen LogP contribution < -0.4 is 0 Å². The fourth-order valence-corrected chi connectivity index (χ4v) is 5.09. The summed E-state index contributed by atoms with van der Waals surface area (Å²) in [7, 11) is 0. The van der Waals surface area contributed by atoms with Crippen LogP contribution in [0.4, 0.5) is 0 Å². The van der Waals surface area contributed by atoms with Gasteiger partial charge >= 0.3 is 0 Å². The van der Waals surface area contributed by atoms with E-state index in [0.717, 1.165) is 57.2 Å². The van der Waals surface area contributed by atoms with Gasteiger partial charge in [-0.3, -0.25) is 14.5 Å². The Labute approximate surface area is 178 Å². The zero-order valence-electron chi connectivity index (χ0n) is 17.3. The van der Waals surface area contributed by atoms with E-state index in [9.17, 15) is 9.59 Å². The molecular weight excluding hydrogens is 384 g/mol. The number of imide groups is 1. The molecule has 29 heavy (non-hydrogen) atoms. The zero-order chi connectivity index (χ0) is 20.4. The largest absolute Gasteiger partial charge is 0.366 e. The number of hydrogen-bond donors (Lipinski definition) is 0. The Morgan fingerprint density at radius 2 is 1.41 bits per heavy atom. The van der Waals surface area contributed by atoms with Crippen molar-refractivity contribution in [3.63, 3.8) is 0 Å². The molecule has 4 rings (SSSR count). The number of halogens is 1. The Kier molecular flexibility index (Phi) is 6.29. The fourth-order valence-electron chi connectivity index (χ4n) is 4.96. The molecule has 1 aromatic carbocycles. The minimum Gasteiger partial charge on any atom is -0.366 e. The molecule has 2 aliphatic heterocycles. The van der Waals surface area contributed by atoms with Crippen molar-refractivity contribution in [3.05, 3.63) is 40.5 Å². The molecule has 1 saturated heterocycles. The lowest BCUT2D eigenvalue weighted by Gasteiger charge is -2.33. The summed E-state index contributed by atoms with van der Waals surface area (Å²) in [5.41, 5.74) is 1.99. The third kappa shape index (κ3) is 4.23. The highest BCUT2D eigenvalue weighted by atomic mass is 35.5. The Morgan fingerprint density at radius 3 is 2.03 bits per heavy atom. The zero-order valence-corrected chi connectivity index (χ0v) is 18.1. The summed E-state index contributed by atoms with van der Waals surface area (Å²) in [6.45, 7) is 3.94. The van der Waals surface area contributed by atoms with Crippen LogP contribution >= 0.6 is 11.6 Å². The summed E-state index contributed by atoms with van der Waals surface area (Å²) in [5.74, 6) is 0.469. The lowest BCUT2D eigenvalue weighted by Crippen LogP contribution is -2.43. The van der Waals surface area contributed by atoms with E-state index in [2.05, 4.69) is 11.8 Å². The number of likely N-dealkylation sites (tertiary alicyclic amines) is 1. The van der Waals surface area contributed by atoms with Gasteiger partial charge in [-0.2, -0.15) is 0 Å². The standard InChI is InChI=1S/C24H31ClN2O2/c1-17-13-15-26(16-14-17)22-21(18-9-11-19(25)12-10-18)23(28)27(24(22)29)20-7-5-3-2-4-6-8-20/h9-12,17,20H,2-8,13-16H2,1H3. The van der Waals surface area contributed by atoms with Crippen LogP contribution in [0.25, 0.3) is 5.57 Å². The molecule has 0 bridgehead atoms. The minimum absolute atomic E-state index is 0.0267. The van der Waals surface area contributed by atoms with Gasteiger partial charge in [-0.15, -0.1) is 0 Å². The van der Waals surface area contributed by atoms with Crippen molar-refractivity contribution >= 4 is 29.0 Å². The van der Waals surface area contributed by atoms with Crippen LogP contribution in [-0.2, 0) is 9.59 Å². The van der Waals surface area contributed by atoms with Crippen LogP contribution in [-0.4, -0.2) is 40.7 Å². The molecule has 1 aromatic rings. The number of hydrogen-bond acceptors (Lipinski definition) is 3. The predicted molar refractivity (Wildman–Crippen MR) is 116 cm³/mol. The van der Waals surface area contributed by atoms with Crippen molar-refractivity contribution in [2.45, 2.75) is 70.8 Å². The molecule has 0 unspecified atom stereocenters. The van der Waals surface area contributed by atoms with Crippen LogP contribution in [0, 0.1) is 5.92 Å². The molecule has 1 aliphatic carbocycles. The maximum atomic E-state index is 13.6. The molecule has 0 N–H and O–H groups in total. The van der Waals surface area contributed by atoms with Gasteiger partial charge in [-0.1, -0.05) is 62.8 Å². The topological polar surface area (TPSA) is 40.6 Å². The van der Waals surface area contributed by atoms with Gasteiger partial charge in [0, 0.05) is 24.2 Å². The monoisotopic (exact) mass is 414 g/mol. The van der Waals surface area contributed by atoms with Crippen LogP contribution in [0.15, 0.2) is 30.0 Å². The number of piperidine rings is 1. The molecule has 0 radical (unpaired) electrons. The summed E-state index contributed by atoms with van der Waals surface area (Å²) >= 11 is 6.08. The average Bonchev–Trinajstić information content (AvgIpc) is 2.94. The van der Waals surface area contributed by atoms with Crippen LogP contribution in [0.1, 0.15) is 70.3 Å². The van der Waals surface area contributed by atoms with E-state index in [1.807, 2.05) is 12.1 Å². The van der Waals surface area contributed by atoms with Gasteiger partial charge < -0.3 is 4.90 Å². The molecule has 3 aliphatic rings. The molecule has 2 heterocycles. The molecule has 4 nitrogen and oxygen atoms in total. The summed E-state index contributed by atoms with van der Waals surface area (Å²) in [5, 5.41) is 0.636. The molecule has 0 spiro atoms. The third-order valence-electron chi connectivity index (χ3n) is 6.76. The summed E-state index contributed by atoms with van der Waals surface area (Å²) < 4.78 is 0. The number of carbonyl (C=O) groups excluding carboxylic acids is 2. The molecule has 2 fully saturated rings. The first kappa shape index (κ1) is 20.5.